The lowest BCUT2D eigenvalue weighted by Gasteiger charge is -2.22. The minimum absolute atomic E-state index is 0.132. The molecule has 7 nitrogen and oxygen atoms in total. The standard InChI is InChI=1S/C14H24N2O5/c1-3-21-13(18)5-4-7-15-12(17)9-16-8-6-11(10(16)2)14(19)20/h10-11H,3-9H2,1-2H3,(H,15,17)(H,19,20). The van der Waals surface area contributed by atoms with Crippen LogP contribution in [0.4, 0.5) is 0 Å². The number of likely N-dealkylation sites (tertiary alicyclic amines) is 1. The average Bonchev–Trinajstić information content (AvgIpc) is 2.77. The Labute approximate surface area is 124 Å². The van der Waals surface area contributed by atoms with Crippen molar-refractivity contribution in [3.8, 4) is 0 Å². The second kappa shape index (κ2) is 8.61. The van der Waals surface area contributed by atoms with Crippen LogP contribution in [0, 0.1) is 5.92 Å². The van der Waals surface area contributed by atoms with E-state index < -0.39 is 11.9 Å². The summed E-state index contributed by atoms with van der Waals surface area (Å²) in [4.78, 5) is 35.8. The molecule has 2 atom stereocenters. The van der Waals surface area contributed by atoms with E-state index in [-0.39, 0.29) is 30.9 Å². The van der Waals surface area contributed by atoms with Crippen molar-refractivity contribution in [2.75, 3.05) is 26.2 Å². The van der Waals surface area contributed by atoms with Gasteiger partial charge in [-0.25, -0.2) is 0 Å². The third kappa shape index (κ3) is 5.71. The first kappa shape index (κ1) is 17.4. The van der Waals surface area contributed by atoms with Gasteiger partial charge in [-0.05, 0) is 33.2 Å². The number of carbonyl (C=O) groups is 3. The number of hydrogen-bond acceptors (Lipinski definition) is 5. The fraction of sp³-hybridized carbons (Fsp3) is 0.786. The van der Waals surface area contributed by atoms with E-state index in [4.69, 9.17) is 9.84 Å². The third-order valence-electron chi connectivity index (χ3n) is 3.73. The van der Waals surface area contributed by atoms with E-state index in [2.05, 4.69) is 5.32 Å². The SMILES string of the molecule is CCOC(=O)CCCNC(=O)CN1CCC(C(=O)O)C1C. The molecule has 0 aliphatic carbocycles. The lowest BCUT2D eigenvalue weighted by Crippen LogP contribution is -2.41. The van der Waals surface area contributed by atoms with Crippen LogP contribution in [0.2, 0.25) is 0 Å². The van der Waals surface area contributed by atoms with E-state index in [1.165, 1.54) is 0 Å². The van der Waals surface area contributed by atoms with Gasteiger partial charge in [-0.15, -0.1) is 0 Å². The van der Waals surface area contributed by atoms with E-state index in [1.807, 2.05) is 11.8 Å². The molecular weight excluding hydrogens is 276 g/mol. The van der Waals surface area contributed by atoms with Gasteiger partial charge in [0.1, 0.15) is 0 Å². The van der Waals surface area contributed by atoms with Crippen LogP contribution in [-0.2, 0) is 19.1 Å². The summed E-state index contributed by atoms with van der Waals surface area (Å²) in [6, 6.07) is -0.132. The van der Waals surface area contributed by atoms with Crippen molar-refractivity contribution in [1.29, 1.82) is 0 Å². The van der Waals surface area contributed by atoms with Gasteiger partial charge in [0, 0.05) is 19.0 Å². The molecule has 120 valence electrons. The zero-order valence-electron chi connectivity index (χ0n) is 12.6. The van der Waals surface area contributed by atoms with Crippen molar-refractivity contribution in [3.63, 3.8) is 0 Å². The number of nitrogens with zero attached hydrogens (tertiary/aromatic N) is 1. The predicted octanol–water partition coefficient (Wildman–Crippen LogP) is 0.241. The van der Waals surface area contributed by atoms with Crippen LogP contribution in [0.3, 0.4) is 0 Å². The Morgan fingerprint density at radius 1 is 1.38 bits per heavy atom. The Kier molecular flexibility index (Phi) is 7.14. The maximum Gasteiger partial charge on any atom is 0.308 e. The first-order valence-corrected chi connectivity index (χ1v) is 7.34. The lowest BCUT2D eigenvalue weighted by atomic mass is 10.0. The number of carbonyl (C=O) groups excluding carboxylic acids is 2. The molecule has 0 spiro atoms. The van der Waals surface area contributed by atoms with Crippen LogP contribution < -0.4 is 5.32 Å². The van der Waals surface area contributed by atoms with Gasteiger partial charge >= 0.3 is 11.9 Å². The summed E-state index contributed by atoms with van der Waals surface area (Å²) in [7, 11) is 0. The summed E-state index contributed by atoms with van der Waals surface area (Å²) < 4.78 is 4.79. The maximum absolute atomic E-state index is 11.8. The monoisotopic (exact) mass is 300 g/mol. The van der Waals surface area contributed by atoms with Crippen LogP contribution >= 0.6 is 0 Å². The summed E-state index contributed by atoms with van der Waals surface area (Å²) in [5, 5.41) is 11.8. The fourth-order valence-corrected chi connectivity index (χ4v) is 2.49. The highest BCUT2D eigenvalue weighted by Crippen LogP contribution is 2.23. The van der Waals surface area contributed by atoms with Gasteiger partial charge in [-0.1, -0.05) is 0 Å². The minimum Gasteiger partial charge on any atom is -0.481 e. The number of carboxylic acid groups (broad SMARTS) is 1. The fourth-order valence-electron chi connectivity index (χ4n) is 2.49. The highest BCUT2D eigenvalue weighted by molar-refractivity contribution is 5.78. The summed E-state index contributed by atoms with van der Waals surface area (Å²) in [5.74, 6) is -1.61. The first-order chi connectivity index (χ1) is 9.95. The van der Waals surface area contributed by atoms with Gasteiger partial charge in [0.2, 0.25) is 5.91 Å². The van der Waals surface area contributed by atoms with E-state index in [0.717, 1.165) is 0 Å². The zero-order valence-corrected chi connectivity index (χ0v) is 12.6. The average molecular weight is 300 g/mol. The molecule has 1 heterocycles. The third-order valence-corrected chi connectivity index (χ3v) is 3.73. The van der Waals surface area contributed by atoms with E-state index in [1.54, 1.807) is 6.92 Å². The first-order valence-electron chi connectivity index (χ1n) is 7.34. The van der Waals surface area contributed by atoms with Gasteiger partial charge in [0.15, 0.2) is 0 Å². The lowest BCUT2D eigenvalue weighted by molar-refractivity contribution is -0.143. The molecule has 1 fully saturated rings. The molecule has 7 heteroatoms. The molecule has 1 saturated heterocycles. The Balaban J connectivity index is 2.20. The van der Waals surface area contributed by atoms with Gasteiger partial charge < -0.3 is 15.2 Å². The Bertz CT molecular complexity index is 386. The van der Waals surface area contributed by atoms with Gasteiger partial charge in [0.05, 0.1) is 19.1 Å². The number of rotatable bonds is 8. The molecule has 0 bridgehead atoms. The summed E-state index contributed by atoms with van der Waals surface area (Å²) in [5.41, 5.74) is 0. The number of ether oxygens (including phenoxy) is 1. The topological polar surface area (TPSA) is 95.9 Å². The van der Waals surface area contributed by atoms with Crippen molar-refractivity contribution in [3.05, 3.63) is 0 Å². The minimum atomic E-state index is -0.806. The second-order valence-electron chi connectivity index (χ2n) is 5.20. The molecule has 1 rings (SSSR count). The Hall–Kier alpha value is -1.63. The van der Waals surface area contributed by atoms with Crippen molar-refractivity contribution in [2.24, 2.45) is 5.92 Å². The highest BCUT2D eigenvalue weighted by atomic mass is 16.5. The largest absolute Gasteiger partial charge is 0.481 e. The predicted molar refractivity (Wildman–Crippen MR) is 75.7 cm³/mol. The molecule has 2 N–H and O–H groups in total. The zero-order chi connectivity index (χ0) is 15.8. The van der Waals surface area contributed by atoms with E-state index in [9.17, 15) is 14.4 Å². The van der Waals surface area contributed by atoms with Gasteiger partial charge in [-0.2, -0.15) is 0 Å². The Morgan fingerprint density at radius 3 is 2.67 bits per heavy atom. The van der Waals surface area contributed by atoms with Crippen LogP contribution in [0.15, 0.2) is 0 Å². The van der Waals surface area contributed by atoms with Crippen molar-refractivity contribution in [1.82, 2.24) is 10.2 Å². The molecule has 21 heavy (non-hydrogen) atoms. The molecule has 0 radical (unpaired) electrons. The molecule has 0 aromatic rings. The quantitative estimate of drug-likeness (QED) is 0.492. The van der Waals surface area contributed by atoms with Crippen LogP contribution in [0.5, 0.6) is 0 Å². The number of carboxylic acids is 1. The van der Waals surface area contributed by atoms with Crippen molar-refractivity contribution in [2.45, 2.75) is 39.2 Å². The maximum atomic E-state index is 11.8. The summed E-state index contributed by atoms with van der Waals surface area (Å²) >= 11 is 0. The van der Waals surface area contributed by atoms with E-state index >= 15 is 0 Å². The molecule has 0 aromatic carbocycles. The molecule has 0 saturated carbocycles. The van der Waals surface area contributed by atoms with Crippen molar-refractivity contribution < 1.29 is 24.2 Å². The molecule has 1 amide bonds. The van der Waals surface area contributed by atoms with Crippen LogP contribution in [-0.4, -0.2) is 60.1 Å². The van der Waals surface area contributed by atoms with Gasteiger partial charge in [0.25, 0.3) is 0 Å². The summed E-state index contributed by atoms with van der Waals surface area (Å²) in [6.45, 7) is 5.19. The second-order valence-corrected chi connectivity index (χ2v) is 5.20. The number of amides is 1. The van der Waals surface area contributed by atoms with Crippen LogP contribution in [0.25, 0.3) is 0 Å². The Morgan fingerprint density at radius 2 is 2.10 bits per heavy atom. The molecule has 2 unspecified atom stereocenters. The summed E-state index contributed by atoms with van der Waals surface area (Å²) in [6.07, 6.45) is 1.40. The smallest absolute Gasteiger partial charge is 0.308 e. The normalized spacial score (nSPS) is 22.0. The van der Waals surface area contributed by atoms with Gasteiger partial charge in [-0.3, -0.25) is 19.3 Å². The van der Waals surface area contributed by atoms with Crippen LogP contribution in [0.1, 0.15) is 33.1 Å². The number of hydrogen-bond donors (Lipinski definition) is 2. The highest BCUT2D eigenvalue weighted by Gasteiger charge is 2.36. The van der Waals surface area contributed by atoms with E-state index in [0.29, 0.717) is 32.5 Å². The molecule has 1 aliphatic heterocycles. The molecule has 1 aliphatic rings. The molecule has 0 aromatic heterocycles. The number of aliphatic carboxylic acids is 1. The molecular formula is C14H24N2O5. The number of nitrogens with one attached hydrogen (secondary N) is 1. The number of esters is 1. The van der Waals surface area contributed by atoms with Crippen molar-refractivity contribution >= 4 is 17.8 Å².